The number of hydrogen-bond donors (Lipinski definition) is 2. The normalized spacial score (nSPS) is 15.2. The van der Waals surface area contributed by atoms with Crippen LogP contribution < -0.4 is 5.56 Å². The van der Waals surface area contributed by atoms with E-state index in [4.69, 9.17) is 5.11 Å². The van der Waals surface area contributed by atoms with Crippen LogP contribution in [0.4, 0.5) is 0 Å². The monoisotopic (exact) mass is 377 g/mol. The molecule has 26 heavy (non-hydrogen) atoms. The summed E-state index contributed by atoms with van der Waals surface area (Å²) in [7, 11) is -3.42. The lowest BCUT2D eigenvalue weighted by Gasteiger charge is -2.15. The molecule has 0 saturated carbocycles. The molecule has 0 amide bonds. The van der Waals surface area contributed by atoms with E-state index >= 15 is 0 Å². The second-order valence-corrected chi connectivity index (χ2v) is 8.07. The molecule has 9 heteroatoms. The van der Waals surface area contributed by atoms with Gasteiger partial charge in [-0.15, -0.1) is 0 Å². The van der Waals surface area contributed by atoms with Crippen molar-refractivity contribution in [3.63, 3.8) is 0 Å². The Hall–Kier alpha value is -2.52. The number of carboxylic acid groups (broad SMARTS) is 1. The van der Waals surface area contributed by atoms with Gasteiger partial charge >= 0.3 is 5.97 Å². The van der Waals surface area contributed by atoms with Gasteiger partial charge in [-0.05, 0) is 37.0 Å². The first-order valence-electron chi connectivity index (χ1n) is 8.28. The maximum atomic E-state index is 12.5. The average molecular weight is 377 g/mol. The van der Waals surface area contributed by atoms with Gasteiger partial charge in [0.1, 0.15) is 11.4 Å². The van der Waals surface area contributed by atoms with Crippen LogP contribution in [0.15, 0.2) is 40.2 Å². The number of carbonyl (C=O) groups is 1. The molecule has 0 unspecified atom stereocenters. The Labute approximate surface area is 150 Å². The number of benzene rings is 1. The first kappa shape index (κ1) is 18.3. The Morgan fingerprint density at radius 1 is 1.15 bits per heavy atom. The van der Waals surface area contributed by atoms with Gasteiger partial charge in [-0.2, -0.15) is 4.31 Å². The van der Waals surface area contributed by atoms with Gasteiger partial charge in [0.25, 0.3) is 5.56 Å². The highest BCUT2D eigenvalue weighted by Crippen LogP contribution is 2.21. The molecule has 0 bridgehead atoms. The fraction of sp³-hybridized carbons (Fsp3) is 0.353. The van der Waals surface area contributed by atoms with E-state index in [1.54, 1.807) is 24.3 Å². The van der Waals surface area contributed by atoms with Crippen molar-refractivity contribution in [2.24, 2.45) is 0 Å². The predicted octanol–water partition coefficient (Wildman–Crippen LogP) is 1.04. The van der Waals surface area contributed by atoms with Gasteiger partial charge in [-0.25, -0.2) is 18.2 Å². The summed E-state index contributed by atoms with van der Waals surface area (Å²) in [6.45, 7) is 1.13. The Morgan fingerprint density at radius 2 is 1.81 bits per heavy atom. The topological polar surface area (TPSA) is 120 Å². The van der Waals surface area contributed by atoms with Crippen molar-refractivity contribution in [3.8, 4) is 0 Å². The fourth-order valence-corrected chi connectivity index (χ4v) is 4.40. The molecule has 138 valence electrons. The molecule has 0 aliphatic carbocycles. The molecule has 1 aromatic carbocycles. The van der Waals surface area contributed by atoms with Crippen LogP contribution in [0.5, 0.6) is 0 Å². The third kappa shape index (κ3) is 3.83. The first-order valence-corrected chi connectivity index (χ1v) is 9.72. The maximum Gasteiger partial charge on any atom is 0.342 e. The molecule has 1 aliphatic rings. The molecule has 0 radical (unpaired) electrons. The summed E-state index contributed by atoms with van der Waals surface area (Å²) in [5, 5.41) is 8.82. The molecule has 1 fully saturated rings. The van der Waals surface area contributed by atoms with E-state index in [-0.39, 0.29) is 4.90 Å². The molecule has 1 saturated heterocycles. The maximum absolute atomic E-state index is 12.5. The van der Waals surface area contributed by atoms with E-state index in [2.05, 4.69) is 9.97 Å². The highest BCUT2D eigenvalue weighted by atomic mass is 32.2. The number of aromatic amines is 1. The first-order chi connectivity index (χ1) is 12.4. The van der Waals surface area contributed by atoms with E-state index < -0.39 is 27.1 Å². The minimum atomic E-state index is -3.42. The second-order valence-electron chi connectivity index (χ2n) is 6.13. The number of hydrogen-bond acceptors (Lipinski definition) is 5. The summed E-state index contributed by atoms with van der Waals surface area (Å²) in [5.74, 6) is -0.936. The number of aromatic nitrogens is 2. The standard InChI is InChI=1S/C17H19N3O5S/c21-16-14(17(22)23)11-18-15(19-16)8-5-12-3-6-13(7-4-12)26(24,25)20-9-1-2-10-20/h3-4,6-7,11H,1-2,5,8-10H2,(H,22,23)(H,18,19,21). The largest absolute Gasteiger partial charge is 0.477 e. The van der Waals surface area contributed by atoms with E-state index in [9.17, 15) is 18.0 Å². The number of sulfonamides is 1. The molecule has 2 heterocycles. The lowest BCUT2D eigenvalue weighted by Crippen LogP contribution is -2.27. The van der Waals surface area contributed by atoms with E-state index in [0.717, 1.165) is 24.6 Å². The van der Waals surface area contributed by atoms with Crippen LogP contribution in [0.2, 0.25) is 0 Å². The van der Waals surface area contributed by atoms with E-state index in [1.807, 2.05) is 0 Å². The van der Waals surface area contributed by atoms with Crippen LogP contribution in [-0.2, 0) is 22.9 Å². The van der Waals surface area contributed by atoms with Gasteiger partial charge in [-0.1, -0.05) is 12.1 Å². The zero-order chi connectivity index (χ0) is 18.7. The number of nitrogens with zero attached hydrogens (tertiary/aromatic N) is 2. The van der Waals surface area contributed by atoms with Crippen molar-refractivity contribution in [2.45, 2.75) is 30.6 Å². The Morgan fingerprint density at radius 3 is 2.38 bits per heavy atom. The van der Waals surface area contributed by atoms with Crippen molar-refractivity contribution >= 4 is 16.0 Å². The summed E-state index contributed by atoms with van der Waals surface area (Å²) in [6, 6.07) is 6.67. The van der Waals surface area contributed by atoms with Crippen LogP contribution >= 0.6 is 0 Å². The predicted molar refractivity (Wildman–Crippen MR) is 93.7 cm³/mol. The molecule has 1 aliphatic heterocycles. The third-order valence-electron chi connectivity index (χ3n) is 4.36. The second kappa shape index (κ2) is 7.38. The van der Waals surface area contributed by atoms with Gasteiger partial charge in [0.15, 0.2) is 0 Å². The molecular formula is C17H19N3O5S. The summed E-state index contributed by atoms with van der Waals surface area (Å²) >= 11 is 0. The number of rotatable bonds is 6. The van der Waals surface area contributed by atoms with Gasteiger partial charge in [0.2, 0.25) is 10.0 Å². The van der Waals surface area contributed by atoms with E-state index in [1.165, 1.54) is 4.31 Å². The van der Waals surface area contributed by atoms with Gasteiger partial charge < -0.3 is 10.1 Å². The van der Waals surface area contributed by atoms with Crippen LogP contribution in [0.1, 0.15) is 34.6 Å². The molecule has 1 aromatic heterocycles. The summed E-state index contributed by atoms with van der Waals surface area (Å²) in [5.41, 5.74) is -0.185. The molecular weight excluding hydrogens is 358 g/mol. The molecule has 0 spiro atoms. The third-order valence-corrected chi connectivity index (χ3v) is 6.27. The number of aromatic carboxylic acids is 1. The zero-order valence-corrected chi connectivity index (χ0v) is 14.8. The number of H-pyrrole nitrogens is 1. The van der Waals surface area contributed by atoms with Crippen molar-refractivity contribution in [1.29, 1.82) is 0 Å². The van der Waals surface area contributed by atoms with Crippen LogP contribution in [0.3, 0.4) is 0 Å². The van der Waals surface area contributed by atoms with E-state index in [0.29, 0.717) is 31.8 Å². The van der Waals surface area contributed by atoms with Gasteiger partial charge in [0.05, 0.1) is 4.90 Å². The quantitative estimate of drug-likeness (QED) is 0.776. The summed E-state index contributed by atoms with van der Waals surface area (Å²) in [6.07, 6.45) is 3.78. The van der Waals surface area contributed by atoms with Crippen molar-refractivity contribution in [1.82, 2.24) is 14.3 Å². The van der Waals surface area contributed by atoms with Crippen LogP contribution in [-0.4, -0.2) is 46.9 Å². The SMILES string of the molecule is O=C(O)c1cnc(CCc2ccc(S(=O)(=O)N3CCCC3)cc2)[nH]c1=O. The summed E-state index contributed by atoms with van der Waals surface area (Å²) < 4.78 is 26.5. The van der Waals surface area contributed by atoms with Gasteiger partial charge in [0, 0.05) is 25.7 Å². The number of carboxylic acids is 1. The average Bonchev–Trinajstić information content (AvgIpc) is 3.15. The Bertz CT molecular complexity index is 961. The Kier molecular flexibility index (Phi) is 5.19. The van der Waals surface area contributed by atoms with Crippen molar-refractivity contribution in [3.05, 3.63) is 57.8 Å². The smallest absolute Gasteiger partial charge is 0.342 e. The minimum absolute atomic E-state index is 0.278. The molecule has 2 aromatic rings. The fourth-order valence-electron chi connectivity index (χ4n) is 2.88. The van der Waals surface area contributed by atoms with Crippen molar-refractivity contribution < 1.29 is 18.3 Å². The number of nitrogens with one attached hydrogen (secondary N) is 1. The molecule has 3 rings (SSSR count). The minimum Gasteiger partial charge on any atom is -0.477 e. The highest BCUT2D eigenvalue weighted by Gasteiger charge is 2.26. The highest BCUT2D eigenvalue weighted by molar-refractivity contribution is 7.89. The van der Waals surface area contributed by atoms with Crippen molar-refractivity contribution in [2.75, 3.05) is 13.1 Å². The molecule has 2 N–H and O–H groups in total. The zero-order valence-electron chi connectivity index (χ0n) is 14.0. The number of aryl methyl sites for hydroxylation is 2. The molecule has 0 atom stereocenters. The summed E-state index contributed by atoms with van der Waals surface area (Å²) in [4.78, 5) is 29.1. The lowest BCUT2D eigenvalue weighted by molar-refractivity contribution is 0.0694. The van der Waals surface area contributed by atoms with Crippen LogP contribution in [0, 0.1) is 0 Å². The van der Waals surface area contributed by atoms with Crippen LogP contribution in [0.25, 0.3) is 0 Å². The Balaban J connectivity index is 1.67. The molecule has 8 nitrogen and oxygen atoms in total. The van der Waals surface area contributed by atoms with Gasteiger partial charge in [-0.3, -0.25) is 4.79 Å². The lowest BCUT2D eigenvalue weighted by atomic mass is 10.1.